The van der Waals surface area contributed by atoms with E-state index in [2.05, 4.69) is 15.5 Å². The van der Waals surface area contributed by atoms with Crippen molar-refractivity contribution in [3.63, 3.8) is 0 Å². The van der Waals surface area contributed by atoms with Crippen LogP contribution in [0.3, 0.4) is 0 Å². The molecule has 6 heteroatoms. The van der Waals surface area contributed by atoms with E-state index in [0.29, 0.717) is 19.2 Å². The van der Waals surface area contributed by atoms with Crippen molar-refractivity contribution in [2.75, 3.05) is 50.2 Å². The number of fused-ring (bicyclic) bond motifs is 1. The summed E-state index contributed by atoms with van der Waals surface area (Å²) in [5.74, 6) is 0.791. The minimum Gasteiger partial charge on any atom is -0.489 e. The highest BCUT2D eigenvalue weighted by Crippen LogP contribution is 2.36. The van der Waals surface area contributed by atoms with Crippen LogP contribution in [0.2, 0.25) is 0 Å². The van der Waals surface area contributed by atoms with Gasteiger partial charge in [0, 0.05) is 31.0 Å². The Morgan fingerprint density at radius 2 is 2.14 bits per heavy atom. The van der Waals surface area contributed by atoms with Crippen molar-refractivity contribution in [3.05, 3.63) is 18.2 Å². The van der Waals surface area contributed by atoms with Gasteiger partial charge in [0.1, 0.15) is 12.4 Å². The fourth-order valence-electron chi connectivity index (χ4n) is 3.06. The van der Waals surface area contributed by atoms with Gasteiger partial charge in [0.25, 0.3) is 0 Å². The van der Waals surface area contributed by atoms with E-state index in [9.17, 15) is 4.79 Å². The molecular formula is C16H23N3O3. The summed E-state index contributed by atoms with van der Waals surface area (Å²) in [6, 6.07) is 6.40. The molecule has 2 N–H and O–H groups in total. The molecule has 22 heavy (non-hydrogen) atoms. The molecule has 2 aliphatic heterocycles. The summed E-state index contributed by atoms with van der Waals surface area (Å²) >= 11 is 0. The molecule has 0 spiro atoms. The molecule has 1 saturated heterocycles. The number of hydrogen-bond donors (Lipinski definition) is 2. The lowest BCUT2D eigenvalue weighted by Crippen LogP contribution is -2.44. The number of carbonyl (C=O) groups is 1. The second-order valence-corrected chi connectivity index (χ2v) is 5.65. The van der Waals surface area contributed by atoms with E-state index >= 15 is 0 Å². The number of nitrogens with zero attached hydrogens (tertiary/aromatic N) is 1. The van der Waals surface area contributed by atoms with Crippen LogP contribution in [-0.2, 0) is 9.53 Å². The van der Waals surface area contributed by atoms with Gasteiger partial charge < -0.3 is 25.0 Å². The summed E-state index contributed by atoms with van der Waals surface area (Å²) in [6.45, 7) is 3.54. The van der Waals surface area contributed by atoms with E-state index in [0.717, 1.165) is 49.7 Å². The predicted octanol–water partition coefficient (Wildman–Crippen LogP) is 1.22. The van der Waals surface area contributed by atoms with E-state index in [-0.39, 0.29) is 5.91 Å². The molecule has 0 bridgehead atoms. The number of likely N-dealkylation sites (N-methyl/N-ethyl adjacent to an activating group) is 1. The monoisotopic (exact) mass is 305 g/mol. The Morgan fingerprint density at radius 3 is 2.91 bits per heavy atom. The minimum absolute atomic E-state index is 0.0560. The van der Waals surface area contributed by atoms with Crippen LogP contribution in [0.1, 0.15) is 12.8 Å². The van der Waals surface area contributed by atoms with Gasteiger partial charge in [-0.2, -0.15) is 0 Å². The summed E-state index contributed by atoms with van der Waals surface area (Å²) < 4.78 is 11.2. The first kappa shape index (κ1) is 15.1. The molecule has 0 atom stereocenters. The van der Waals surface area contributed by atoms with Crippen molar-refractivity contribution in [2.24, 2.45) is 0 Å². The van der Waals surface area contributed by atoms with Crippen LogP contribution < -0.4 is 20.3 Å². The van der Waals surface area contributed by atoms with Crippen molar-refractivity contribution in [2.45, 2.75) is 18.9 Å². The molecule has 2 heterocycles. The fourth-order valence-corrected chi connectivity index (χ4v) is 3.06. The molecule has 1 aromatic rings. The number of carbonyl (C=O) groups excluding carboxylic acids is 1. The van der Waals surface area contributed by atoms with Gasteiger partial charge in [-0.3, -0.25) is 4.79 Å². The van der Waals surface area contributed by atoms with Crippen molar-refractivity contribution in [1.29, 1.82) is 0 Å². The second kappa shape index (κ2) is 6.98. The Morgan fingerprint density at radius 1 is 1.32 bits per heavy atom. The van der Waals surface area contributed by atoms with Crippen LogP contribution in [0.5, 0.6) is 5.75 Å². The number of ether oxygens (including phenoxy) is 2. The average molecular weight is 305 g/mol. The van der Waals surface area contributed by atoms with E-state index in [1.165, 1.54) is 0 Å². The molecule has 0 aromatic heterocycles. The summed E-state index contributed by atoms with van der Waals surface area (Å²) in [7, 11) is 1.75. The van der Waals surface area contributed by atoms with Gasteiger partial charge in [0.05, 0.1) is 18.8 Å². The van der Waals surface area contributed by atoms with E-state index in [1.54, 1.807) is 7.05 Å². The third-order valence-electron chi connectivity index (χ3n) is 4.11. The van der Waals surface area contributed by atoms with Gasteiger partial charge >= 0.3 is 0 Å². The lowest BCUT2D eigenvalue weighted by molar-refractivity contribution is -0.115. The number of rotatable bonds is 4. The summed E-state index contributed by atoms with van der Waals surface area (Å²) in [6.07, 6.45) is 2.11. The molecule has 1 fully saturated rings. The van der Waals surface area contributed by atoms with E-state index in [4.69, 9.17) is 9.47 Å². The standard InChI is InChI=1S/C16H23N3O3/c1-17-11-16(20)18-12-2-3-14-15(10-12)22-9-6-19(14)13-4-7-21-8-5-13/h2-3,10,13,17H,4-9,11H2,1H3,(H,18,20). The number of amides is 1. The molecule has 2 aliphatic rings. The van der Waals surface area contributed by atoms with E-state index in [1.807, 2.05) is 18.2 Å². The normalized spacial score (nSPS) is 18.5. The Hall–Kier alpha value is -1.79. The molecule has 1 amide bonds. The Kier molecular flexibility index (Phi) is 4.80. The first-order valence-corrected chi connectivity index (χ1v) is 7.83. The van der Waals surface area contributed by atoms with Crippen molar-refractivity contribution in [1.82, 2.24) is 5.32 Å². The van der Waals surface area contributed by atoms with E-state index < -0.39 is 0 Å². The largest absolute Gasteiger partial charge is 0.489 e. The summed E-state index contributed by atoms with van der Waals surface area (Å²) in [4.78, 5) is 14.1. The van der Waals surface area contributed by atoms with Crippen LogP contribution >= 0.6 is 0 Å². The van der Waals surface area contributed by atoms with Gasteiger partial charge in [-0.15, -0.1) is 0 Å². The van der Waals surface area contributed by atoms with Gasteiger partial charge in [0.2, 0.25) is 5.91 Å². The van der Waals surface area contributed by atoms with Gasteiger partial charge in [0.15, 0.2) is 0 Å². The average Bonchev–Trinajstić information content (AvgIpc) is 2.55. The number of benzene rings is 1. The maximum atomic E-state index is 11.7. The maximum Gasteiger partial charge on any atom is 0.238 e. The van der Waals surface area contributed by atoms with Crippen molar-refractivity contribution in [3.8, 4) is 5.75 Å². The van der Waals surface area contributed by atoms with Gasteiger partial charge in [-0.05, 0) is 32.0 Å². The third kappa shape index (κ3) is 3.34. The Labute approximate surface area is 130 Å². The van der Waals surface area contributed by atoms with Gasteiger partial charge in [-0.1, -0.05) is 0 Å². The third-order valence-corrected chi connectivity index (χ3v) is 4.11. The van der Waals surface area contributed by atoms with Crippen LogP contribution in [0, 0.1) is 0 Å². The predicted molar refractivity (Wildman–Crippen MR) is 85.7 cm³/mol. The van der Waals surface area contributed by atoms with Crippen LogP contribution in [0.4, 0.5) is 11.4 Å². The topological polar surface area (TPSA) is 62.8 Å². The zero-order chi connectivity index (χ0) is 15.4. The molecule has 0 saturated carbocycles. The lowest BCUT2D eigenvalue weighted by Gasteiger charge is -2.39. The SMILES string of the molecule is CNCC(=O)Nc1ccc2c(c1)OCCN2C1CCOCC1. The molecule has 3 rings (SSSR count). The lowest BCUT2D eigenvalue weighted by atomic mass is 10.0. The quantitative estimate of drug-likeness (QED) is 0.876. The molecule has 120 valence electrons. The van der Waals surface area contributed by atoms with Crippen LogP contribution in [-0.4, -0.2) is 51.9 Å². The fraction of sp³-hybridized carbons (Fsp3) is 0.562. The van der Waals surface area contributed by atoms with Gasteiger partial charge in [-0.25, -0.2) is 0 Å². The molecule has 0 unspecified atom stereocenters. The maximum absolute atomic E-state index is 11.7. The Bertz CT molecular complexity index is 529. The molecule has 0 aliphatic carbocycles. The van der Waals surface area contributed by atoms with Crippen LogP contribution in [0.25, 0.3) is 0 Å². The summed E-state index contributed by atoms with van der Waals surface area (Å²) in [5, 5.41) is 5.70. The first-order valence-electron chi connectivity index (χ1n) is 7.83. The highest BCUT2D eigenvalue weighted by atomic mass is 16.5. The number of hydrogen-bond acceptors (Lipinski definition) is 5. The molecular weight excluding hydrogens is 282 g/mol. The van der Waals surface area contributed by atoms with Crippen molar-refractivity contribution >= 4 is 17.3 Å². The zero-order valence-corrected chi connectivity index (χ0v) is 12.9. The Balaban J connectivity index is 1.75. The van der Waals surface area contributed by atoms with Crippen LogP contribution in [0.15, 0.2) is 18.2 Å². The second-order valence-electron chi connectivity index (χ2n) is 5.65. The highest BCUT2D eigenvalue weighted by Gasteiger charge is 2.27. The smallest absolute Gasteiger partial charge is 0.238 e. The minimum atomic E-state index is -0.0560. The van der Waals surface area contributed by atoms with Crippen molar-refractivity contribution < 1.29 is 14.3 Å². The number of nitrogens with one attached hydrogen (secondary N) is 2. The summed E-state index contributed by atoms with van der Waals surface area (Å²) in [5.41, 5.74) is 1.89. The highest BCUT2D eigenvalue weighted by molar-refractivity contribution is 5.92. The number of anilines is 2. The molecule has 0 radical (unpaired) electrons. The molecule has 6 nitrogen and oxygen atoms in total. The zero-order valence-electron chi connectivity index (χ0n) is 12.9. The molecule has 1 aromatic carbocycles. The first-order chi connectivity index (χ1) is 10.8.